The predicted octanol–water partition coefficient (Wildman–Crippen LogP) is 3.62. The average Bonchev–Trinajstić information content (AvgIpc) is 3.14. The summed E-state index contributed by atoms with van der Waals surface area (Å²) in [6, 6.07) is 16.5. The normalized spacial score (nSPS) is 17.7. The quantitative estimate of drug-likeness (QED) is 0.534. The topological polar surface area (TPSA) is 74.7 Å². The summed E-state index contributed by atoms with van der Waals surface area (Å²) in [5.74, 6) is 0.377. The molecule has 154 valence electrons. The van der Waals surface area contributed by atoms with Crippen LogP contribution in [-0.2, 0) is 9.31 Å². The lowest BCUT2D eigenvalue weighted by Gasteiger charge is -2.32. The summed E-state index contributed by atoms with van der Waals surface area (Å²) >= 11 is 0. The molecule has 1 aliphatic heterocycles. The van der Waals surface area contributed by atoms with Gasteiger partial charge in [0.05, 0.1) is 29.3 Å². The third-order valence-electron chi connectivity index (χ3n) is 5.85. The van der Waals surface area contributed by atoms with Crippen molar-refractivity contribution in [1.29, 1.82) is 0 Å². The van der Waals surface area contributed by atoms with Crippen LogP contribution in [0.25, 0.3) is 11.1 Å². The molecule has 0 bridgehead atoms. The highest BCUT2D eigenvalue weighted by Crippen LogP contribution is 2.36. The Balaban J connectivity index is 1.47. The molecule has 30 heavy (non-hydrogen) atoms. The zero-order chi connectivity index (χ0) is 21.5. The molecule has 7 heteroatoms. The Bertz CT molecular complexity index is 1050. The van der Waals surface area contributed by atoms with Crippen LogP contribution in [0.5, 0.6) is 0 Å². The molecule has 0 saturated carbocycles. The number of anilines is 1. The highest BCUT2D eigenvalue weighted by molar-refractivity contribution is 6.62. The number of aromatic nitrogens is 2. The van der Waals surface area contributed by atoms with E-state index in [1.54, 1.807) is 17.1 Å². The van der Waals surface area contributed by atoms with Gasteiger partial charge < -0.3 is 15.0 Å². The first-order chi connectivity index (χ1) is 14.1. The van der Waals surface area contributed by atoms with Gasteiger partial charge in [-0.25, -0.2) is 9.66 Å². The third-order valence-corrected chi connectivity index (χ3v) is 5.85. The molecule has 1 aromatic heterocycles. The van der Waals surface area contributed by atoms with Gasteiger partial charge in [-0.1, -0.05) is 48.5 Å². The summed E-state index contributed by atoms with van der Waals surface area (Å²) in [7, 11) is -0.345. The van der Waals surface area contributed by atoms with E-state index in [9.17, 15) is 0 Å². The van der Waals surface area contributed by atoms with Crippen LogP contribution in [0.3, 0.4) is 0 Å². The Hall–Kier alpha value is -2.90. The molecule has 0 atom stereocenters. The van der Waals surface area contributed by atoms with E-state index in [1.165, 1.54) is 0 Å². The maximum absolute atomic E-state index is 6.13. The maximum Gasteiger partial charge on any atom is 0.494 e. The van der Waals surface area contributed by atoms with Crippen LogP contribution in [0.1, 0.15) is 39.0 Å². The van der Waals surface area contributed by atoms with Crippen molar-refractivity contribution in [3.63, 3.8) is 0 Å². The molecular weight excluding hydrogens is 375 g/mol. The smallest absolute Gasteiger partial charge is 0.399 e. The van der Waals surface area contributed by atoms with Crippen molar-refractivity contribution < 1.29 is 9.31 Å². The summed E-state index contributed by atoms with van der Waals surface area (Å²) in [4.78, 5) is 4.14. The van der Waals surface area contributed by atoms with Gasteiger partial charge >= 0.3 is 7.12 Å². The van der Waals surface area contributed by atoms with Crippen LogP contribution >= 0.6 is 0 Å². The fourth-order valence-corrected chi connectivity index (χ4v) is 3.30. The monoisotopic (exact) mass is 402 g/mol. The SMILES string of the molecule is Cc1cn(N=Cc2ccc(-c3ccc(B4OC(C)(C)C(C)(C)O4)cc3)cc2)c(N)n1. The molecule has 0 aliphatic carbocycles. The molecule has 1 aliphatic rings. The first-order valence-corrected chi connectivity index (χ1v) is 10.1. The maximum atomic E-state index is 6.13. The molecular formula is C23H27BN4O2. The van der Waals surface area contributed by atoms with Gasteiger partial charge in [-0.2, -0.15) is 5.10 Å². The number of hydrogen-bond acceptors (Lipinski definition) is 5. The number of nitrogen functional groups attached to an aromatic ring is 1. The van der Waals surface area contributed by atoms with E-state index in [0.717, 1.165) is 27.8 Å². The molecule has 2 N–H and O–H groups in total. The predicted molar refractivity (Wildman–Crippen MR) is 122 cm³/mol. The van der Waals surface area contributed by atoms with Crippen molar-refractivity contribution in [1.82, 2.24) is 9.66 Å². The lowest BCUT2D eigenvalue weighted by Crippen LogP contribution is -2.41. The Morgan fingerprint density at radius 2 is 1.47 bits per heavy atom. The third kappa shape index (κ3) is 3.91. The summed E-state index contributed by atoms with van der Waals surface area (Å²) in [5, 5.41) is 4.35. The van der Waals surface area contributed by atoms with Crippen LogP contribution in [0.4, 0.5) is 5.95 Å². The lowest BCUT2D eigenvalue weighted by molar-refractivity contribution is 0.00578. The van der Waals surface area contributed by atoms with Gasteiger partial charge in [0.2, 0.25) is 5.95 Å². The lowest BCUT2D eigenvalue weighted by atomic mass is 9.78. The number of rotatable bonds is 4. The molecule has 2 heterocycles. The van der Waals surface area contributed by atoms with E-state index in [1.807, 2.05) is 19.1 Å². The molecule has 1 saturated heterocycles. The van der Waals surface area contributed by atoms with Crippen molar-refractivity contribution in [3.8, 4) is 11.1 Å². The minimum Gasteiger partial charge on any atom is -0.399 e. The Kier molecular flexibility index (Phi) is 5.04. The Morgan fingerprint density at radius 1 is 0.933 bits per heavy atom. The van der Waals surface area contributed by atoms with Crippen LogP contribution in [-0.4, -0.2) is 34.2 Å². The second kappa shape index (κ2) is 7.41. The molecule has 2 aromatic carbocycles. The number of hydrogen-bond donors (Lipinski definition) is 1. The fraction of sp³-hybridized carbons (Fsp3) is 0.304. The van der Waals surface area contributed by atoms with E-state index >= 15 is 0 Å². The second-order valence-electron chi connectivity index (χ2n) is 8.66. The van der Waals surface area contributed by atoms with Crippen LogP contribution in [0.15, 0.2) is 59.8 Å². The Morgan fingerprint density at radius 3 is 1.97 bits per heavy atom. The summed E-state index contributed by atoms with van der Waals surface area (Å²) in [6.45, 7) is 10.1. The molecule has 0 spiro atoms. The zero-order valence-corrected chi connectivity index (χ0v) is 18.1. The fourth-order valence-electron chi connectivity index (χ4n) is 3.30. The molecule has 0 unspecified atom stereocenters. The molecule has 0 radical (unpaired) electrons. The average molecular weight is 402 g/mol. The van der Waals surface area contributed by atoms with Crippen LogP contribution < -0.4 is 11.2 Å². The molecule has 3 aromatic rings. The van der Waals surface area contributed by atoms with Crippen molar-refractivity contribution in [2.24, 2.45) is 5.10 Å². The van der Waals surface area contributed by atoms with E-state index in [0.29, 0.717) is 5.95 Å². The largest absolute Gasteiger partial charge is 0.494 e. The minimum absolute atomic E-state index is 0.339. The Labute approximate surface area is 177 Å². The molecule has 1 fully saturated rings. The standard InChI is InChI=1S/C23H27BN4O2/c1-16-15-28(21(25)27-16)26-14-17-6-8-18(9-7-17)19-10-12-20(13-11-19)24-29-22(2,3)23(4,5)30-24/h6-15H,1-5H3,(H2,25,27). The number of benzene rings is 2. The van der Waals surface area contributed by atoms with Gasteiger partial charge in [-0.15, -0.1) is 0 Å². The van der Waals surface area contributed by atoms with E-state index in [2.05, 4.69) is 74.2 Å². The van der Waals surface area contributed by atoms with E-state index < -0.39 is 0 Å². The van der Waals surface area contributed by atoms with Gasteiger partial charge in [0.1, 0.15) is 0 Å². The van der Waals surface area contributed by atoms with Gasteiger partial charge in [0.25, 0.3) is 0 Å². The van der Waals surface area contributed by atoms with E-state index in [-0.39, 0.29) is 18.3 Å². The number of imidazole rings is 1. The van der Waals surface area contributed by atoms with Crippen molar-refractivity contribution in [3.05, 3.63) is 66.0 Å². The van der Waals surface area contributed by atoms with Gasteiger partial charge in [-0.05, 0) is 56.8 Å². The molecule has 4 rings (SSSR count). The van der Waals surface area contributed by atoms with E-state index in [4.69, 9.17) is 15.0 Å². The van der Waals surface area contributed by atoms with Gasteiger partial charge in [0.15, 0.2) is 0 Å². The highest BCUT2D eigenvalue weighted by Gasteiger charge is 2.51. The summed E-state index contributed by atoms with van der Waals surface area (Å²) in [5.41, 5.74) is 10.2. The van der Waals surface area contributed by atoms with Crippen molar-refractivity contribution >= 4 is 24.7 Å². The molecule has 6 nitrogen and oxygen atoms in total. The van der Waals surface area contributed by atoms with Crippen molar-refractivity contribution in [2.45, 2.75) is 45.8 Å². The first-order valence-electron chi connectivity index (χ1n) is 10.1. The zero-order valence-electron chi connectivity index (χ0n) is 18.1. The first kappa shape index (κ1) is 20.4. The number of nitrogens with two attached hydrogens (primary N) is 1. The highest BCUT2D eigenvalue weighted by atomic mass is 16.7. The summed E-state index contributed by atoms with van der Waals surface area (Å²) in [6.07, 6.45) is 3.56. The second-order valence-corrected chi connectivity index (χ2v) is 8.66. The van der Waals surface area contributed by atoms with Gasteiger partial charge in [-0.3, -0.25) is 0 Å². The molecule has 0 amide bonds. The van der Waals surface area contributed by atoms with Crippen LogP contribution in [0, 0.1) is 6.92 Å². The summed E-state index contributed by atoms with van der Waals surface area (Å²) < 4.78 is 13.8. The number of nitrogens with zero attached hydrogens (tertiary/aromatic N) is 3. The number of aryl methyl sites for hydroxylation is 1. The van der Waals surface area contributed by atoms with Gasteiger partial charge in [0, 0.05) is 0 Å². The van der Waals surface area contributed by atoms with Crippen molar-refractivity contribution in [2.75, 3.05) is 5.73 Å². The minimum atomic E-state index is -0.345. The van der Waals surface area contributed by atoms with Crippen LogP contribution in [0.2, 0.25) is 0 Å².